The van der Waals surface area contributed by atoms with Crippen LogP contribution < -0.4 is 4.74 Å². The smallest absolute Gasteiger partial charge is 0.464 e. The number of nitrogens with zero attached hydrogens (tertiary/aromatic N) is 1. The summed E-state index contributed by atoms with van der Waals surface area (Å²) < 4.78 is 50.7. The van der Waals surface area contributed by atoms with Crippen LogP contribution in [0.15, 0.2) is 28.7 Å². The third kappa shape index (κ3) is 3.33. The van der Waals surface area contributed by atoms with E-state index < -0.39 is 18.1 Å². The molecule has 112 valence electrons. The van der Waals surface area contributed by atoms with Crippen molar-refractivity contribution in [2.45, 2.75) is 13.3 Å². The second-order valence-electron chi connectivity index (χ2n) is 3.96. The van der Waals surface area contributed by atoms with Crippen molar-refractivity contribution in [3.8, 4) is 17.2 Å². The maximum atomic E-state index is 12.4. The van der Waals surface area contributed by atoms with Crippen LogP contribution in [0.4, 0.5) is 13.2 Å². The second kappa shape index (κ2) is 5.47. The molecule has 1 aromatic heterocycles. The number of carbonyl (C=O) groups is 1. The van der Waals surface area contributed by atoms with Gasteiger partial charge in [0.1, 0.15) is 11.5 Å². The Morgan fingerprint density at radius 3 is 2.57 bits per heavy atom. The lowest BCUT2D eigenvalue weighted by molar-refractivity contribution is -0.274. The van der Waals surface area contributed by atoms with Crippen LogP contribution in [0.25, 0.3) is 11.5 Å². The molecule has 1 heterocycles. The van der Waals surface area contributed by atoms with Crippen LogP contribution in [0.2, 0.25) is 0 Å². The first-order valence-corrected chi connectivity index (χ1v) is 5.72. The summed E-state index contributed by atoms with van der Waals surface area (Å²) in [5.74, 6) is -1.23. The summed E-state index contributed by atoms with van der Waals surface area (Å²) >= 11 is 0. The maximum absolute atomic E-state index is 12.4. The molecule has 1 aromatic carbocycles. The first-order valence-electron chi connectivity index (χ1n) is 5.72. The third-order valence-electron chi connectivity index (χ3n) is 2.52. The summed E-state index contributed by atoms with van der Waals surface area (Å²) in [6.45, 7) is 1.45. The summed E-state index contributed by atoms with van der Waals surface area (Å²) in [5, 5.41) is 0. The average molecular weight is 301 g/mol. The van der Waals surface area contributed by atoms with Crippen molar-refractivity contribution in [1.82, 2.24) is 4.98 Å². The van der Waals surface area contributed by atoms with Crippen LogP contribution in [0.3, 0.4) is 0 Å². The molecule has 0 amide bonds. The highest BCUT2D eigenvalue weighted by Crippen LogP contribution is 2.34. The van der Waals surface area contributed by atoms with Gasteiger partial charge in [0.15, 0.2) is 5.69 Å². The van der Waals surface area contributed by atoms with Gasteiger partial charge in [0.05, 0.1) is 12.7 Å². The number of benzene rings is 1. The maximum Gasteiger partial charge on any atom is 0.573 e. The minimum atomic E-state index is -4.84. The minimum Gasteiger partial charge on any atom is -0.464 e. The van der Waals surface area contributed by atoms with E-state index in [2.05, 4.69) is 14.5 Å². The van der Waals surface area contributed by atoms with E-state index in [-0.39, 0.29) is 22.9 Å². The number of halogens is 3. The molecule has 0 spiro atoms. The normalized spacial score (nSPS) is 11.3. The van der Waals surface area contributed by atoms with Crippen molar-refractivity contribution in [1.29, 1.82) is 0 Å². The highest BCUT2D eigenvalue weighted by atomic mass is 19.4. The Hall–Kier alpha value is -2.51. The molecule has 0 aliphatic heterocycles. The number of ether oxygens (including phenoxy) is 2. The summed E-state index contributed by atoms with van der Waals surface area (Å²) in [6.07, 6.45) is -4.84. The van der Waals surface area contributed by atoms with Gasteiger partial charge in [-0.1, -0.05) is 12.1 Å². The number of alkyl halides is 3. The topological polar surface area (TPSA) is 61.6 Å². The average Bonchev–Trinajstić information content (AvgIpc) is 2.78. The van der Waals surface area contributed by atoms with E-state index in [1.807, 2.05) is 0 Å². The van der Waals surface area contributed by atoms with Crippen LogP contribution in [0.5, 0.6) is 5.75 Å². The minimum absolute atomic E-state index is 0.0203. The lowest BCUT2D eigenvalue weighted by Crippen LogP contribution is -2.17. The predicted molar refractivity (Wildman–Crippen MR) is 64.7 cm³/mol. The fraction of sp³-hybridized carbons (Fsp3) is 0.231. The molecule has 0 fully saturated rings. The molecule has 21 heavy (non-hydrogen) atoms. The lowest BCUT2D eigenvalue weighted by Gasteiger charge is -2.11. The highest BCUT2D eigenvalue weighted by Gasteiger charge is 2.33. The molecule has 0 unspecified atom stereocenters. The molecule has 2 rings (SSSR count). The number of methoxy groups -OCH3 is 1. The molecule has 0 atom stereocenters. The van der Waals surface area contributed by atoms with Gasteiger partial charge in [-0.3, -0.25) is 0 Å². The number of aromatic nitrogens is 1. The Balaban J connectivity index is 2.45. The third-order valence-corrected chi connectivity index (χ3v) is 2.52. The van der Waals surface area contributed by atoms with Gasteiger partial charge >= 0.3 is 12.3 Å². The Bertz CT molecular complexity index is 664. The molecule has 0 N–H and O–H groups in total. The number of carbonyl (C=O) groups excluding carboxylic acids is 1. The van der Waals surface area contributed by atoms with Crippen molar-refractivity contribution in [2.24, 2.45) is 0 Å². The van der Waals surface area contributed by atoms with Crippen LogP contribution in [0.1, 0.15) is 16.2 Å². The predicted octanol–water partition coefficient (Wildman–Crippen LogP) is 3.34. The van der Waals surface area contributed by atoms with Crippen molar-refractivity contribution in [3.63, 3.8) is 0 Å². The van der Waals surface area contributed by atoms with Crippen LogP contribution in [0, 0.1) is 6.92 Å². The number of para-hydroxylation sites is 1. The Kier molecular flexibility index (Phi) is 3.88. The molecule has 8 heteroatoms. The first kappa shape index (κ1) is 14.9. The summed E-state index contributed by atoms with van der Waals surface area (Å²) in [7, 11) is 1.16. The Morgan fingerprint density at radius 2 is 1.95 bits per heavy atom. The Labute approximate surface area is 117 Å². The van der Waals surface area contributed by atoms with Gasteiger partial charge in [0, 0.05) is 0 Å². The quantitative estimate of drug-likeness (QED) is 0.814. The number of esters is 1. The SMILES string of the molecule is COC(=O)c1nc(-c2ccccc2OC(F)(F)F)oc1C. The zero-order valence-electron chi connectivity index (χ0n) is 11.0. The molecular formula is C13H10F3NO4. The molecule has 0 bridgehead atoms. The molecule has 0 saturated carbocycles. The van der Waals surface area contributed by atoms with Crippen molar-refractivity contribution in [2.75, 3.05) is 7.11 Å². The van der Waals surface area contributed by atoms with E-state index in [4.69, 9.17) is 4.42 Å². The molecule has 0 aliphatic rings. The zero-order chi connectivity index (χ0) is 15.6. The number of oxazole rings is 1. The van der Waals surface area contributed by atoms with Gasteiger partial charge in [-0.15, -0.1) is 13.2 Å². The van der Waals surface area contributed by atoms with Crippen molar-refractivity contribution < 1.29 is 31.9 Å². The number of aryl methyl sites for hydroxylation is 1. The lowest BCUT2D eigenvalue weighted by atomic mass is 10.2. The number of hydrogen-bond acceptors (Lipinski definition) is 5. The van der Waals surface area contributed by atoms with Gasteiger partial charge in [-0.05, 0) is 19.1 Å². The van der Waals surface area contributed by atoms with Crippen molar-refractivity contribution >= 4 is 5.97 Å². The molecule has 0 saturated heterocycles. The molecule has 2 aromatic rings. The van der Waals surface area contributed by atoms with Gasteiger partial charge in [-0.2, -0.15) is 0 Å². The van der Waals surface area contributed by atoms with Crippen molar-refractivity contribution in [3.05, 3.63) is 35.7 Å². The molecule has 0 aliphatic carbocycles. The highest BCUT2D eigenvalue weighted by molar-refractivity contribution is 5.88. The van der Waals surface area contributed by atoms with E-state index in [9.17, 15) is 18.0 Å². The fourth-order valence-corrected chi connectivity index (χ4v) is 1.65. The van der Waals surface area contributed by atoms with Crippen LogP contribution in [-0.2, 0) is 4.74 Å². The van der Waals surface area contributed by atoms with E-state index in [0.29, 0.717) is 0 Å². The molecule has 0 radical (unpaired) electrons. The van der Waals surface area contributed by atoms with E-state index in [0.717, 1.165) is 13.2 Å². The van der Waals surface area contributed by atoms with Gasteiger partial charge in [-0.25, -0.2) is 9.78 Å². The van der Waals surface area contributed by atoms with E-state index >= 15 is 0 Å². The monoisotopic (exact) mass is 301 g/mol. The standard InChI is InChI=1S/C13H10F3NO4/c1-7-10(12(18)19-2)17-11(20-7)8-5-3-4-6-9(8)21-13(14,15)16/h3-6H,1-2H3. The molecule has 5 nitrogen and oxygen atoms in total. The molecular weight excluding hydrogens is 291 g/mol. The first-order chi connectivity index (χ1) is 9.81. The largest absolute Gasteiger partial charge is 0.573 e. The van der Waals surface area contributed by atoms with Gasteiger partial charge in [0.2, 0.25) is 5.89 Å². The zero-order valence-corrected chi connectivity index (χ0v) is 11.0. The number of hydrogen-bond donors (Lipinski definition) is 0. The van der Waals surface area contributed by atoms with Crippen LogP contribution >= 0.6 is 0 Å². The Morgan fingerprint density at radius 1 is 1.29 bits per heavy atom. The van der Waals surface area contributed by atoms with Crippen LogP contribution in [-0.4, -0.2) is 24.4 Å². The summed E-state index contributed by atoms with van der Waals surface area (Å²) in [4.78, 5) is 15.3. The van der Waals surface area contributed by atoms with Gasteiger partial charge < -0.3 is 13.9 Å². The van der Waals surface area contributed by atoms with E-state index in [1.54, 1.807) is 0 Å². The van der Waals surface area contributed by atoms with E-state index in [1.165, 1.54) is 25.1 Å². The number of rotatable bonds is 3. The second-order valence-corrected chi connectivity index (χ2v) is 3.96. The fourth-order valence-electron chi connectivity index (χ4n) is 1.65. The summed E-state index contributed by atoms with van der Waals surface area (Å²) in [6, 6.07) is 5.34. The van der Waals surface area contributed by atoms with Gasteiger partial charge in [0.25, 0.3) is 0 Å². The summed E-state index contributed by atoms with van der Waals surface area (Å²) in [5.41, 5.74) is -0.123.